The molecular weight excluding hydrogens is 217 g/mol. The molecule has 0 heterocycles. The zero-order chi connectivity index (χ0) is 12.1. The van der Waals surface area contributed by atoms with Crippen LogP contribution in [-0.2, 0) is 0 Å². The van der Waals surface area contributed by atoms with Crippen molar-refractivity contribution in [1.82, 2.24) is 0 Å². The number of halogens is 1. The van der Waals surface area contributed by atoms with Gasteiger partial charge in [0.2, 0.25) is 0 Å². The largest absolute Gasteiger partial charge is 0.394 e. The summed E-state index contributed by atoms with van der Waals surface area (Å²) in [4.78, 5) is 0. The molecule has 1 atom stereocenters. The Morgan fingerprint density at radius 1 is 1.00 bits per heavy atom. The van der Waals surface area contributed by atoms with Crippen molar-refractivity contribution in [1.29, 1.82) is 0 Å². The van der Waals surface area contributed by atoms with Gasteiger partial charge in [-0.3, -0.25) is 0 Å². The molecule has 0 saturated carbocycles. The molecule has 0 unspecified atom stereocenters. The molecule has 2 aromatic carbocycles. The maximum atomic E-state index is 12.8. The number of nitrogens with one attached hydrogen (secondary N) is 1. The van der Waals surface area contributed by atoms with Crippen LogP contribution in [-0.4, -0.2) is 11.7 Å². The molecular formula is C14H14FNO. The van der Waals surface area contributed by atoms with Crippen molar-refractivity contribution in [2.45, 2.75) is 6.04 Å². The van der Waals surface area contributed by atoms with E-state index in [1.54, 1.807) is 12.1 Å². The molecule has 0 saturated heterocycles. The molecule has 0 aromatic heterocycles. The van der Waals surface area contributed by atoms with Gasteiger partial charge < -0.3 is 10.4 Å². The first-order chi connectivity index (χ1) is 8.29. The lowest BCUT2D eigenvalue weighted by Crippen LogP contribution is -2.14. The van der Waals surface area contributed by atoms with E-state index < -0.39 is 0 Å². The van der Waals surface area contributed by atoms with E-state index in [1.807, 2.05) is 30.3 Å². The van der Waals surface area contributed by atoms with Crippen LogP contribution in [0, 0.1) is 5.82 Å². The minimum Gasteiger partial charge on any atom is -0.394 e. The summed E-state index contributed by atoms with van der Waals surface area (Å²) in [6.07, 6.45) is 0. The molecule has 0 spiro atoms. The fourth-order valence-electron chi connectivity index (χ4n) is 1.67. The van der Waals surface area contributed by atoms with Gasteiger partial charge in [0.05, 0.1) is 12.6 Å². The van der Waals surface area contributed by atoms with E-state index in [-0.39, 0.29) is 18.5 Å². The van der Waals surface area contributed by atoms with Gasteiger partial charge in [-0.05, 0) is 29.8 Å². The number of anilines is 1. The van der Waals surface area contributed by atoms with E-state index in [0.29, 0.717) is 0 Å². The van der Waals surface area contributed by atoms with E-state index in [0.717, 1.165) is 11.3 Å². The van der Waals surface area contributed by atoms with Crippen LogP contribution >= 0.6 is 0 Å². The first-order valence-electron chi connectivity index (χ1n) is 5.47. The zero-order valence-electron chi connectivity index (χ0n) is 9.31. The van der Waals surface area contributed by atoms with Gasteiger partial charge in [0.15, 0.2) is 0 Å². The second-order valence-electron chi connectivity index (χ2n) is 3.80. The molecule has 0 aliphatic carbocycles. The third kappa shape index (κ3) is 3.04. The molecule has 0 radical (unpaired) electrons. The fraction of sp³-hybridized carbons (Fsp3) is 0.143. The van der Waals surface area contributed by atoms with Crippen LogP contribution in [0.2, 0.25) is 0 Å². The van der Waals surface area contributed by atoms with Crippen LogP contribution in [0.15, 0.2) is 54.6 Å². The molecule has 0 aliphatic heterocycles. The van der Waals surface area contributed by atoms with Crippen LogP contribution in [0.25, 0.3) is 0 Å². The maximum absolute atomic E-state index is 12.8. The van der Waals surface area contributed by atoms with E-state index in [4.69, 9.17) is 0 Å². The first kappa shape index (κ1) is 11.6. The Kier molecular flexibility index (Phi) is 3.73. The minimum atomic E-state index is -0.268. The molecule has 2 nitrogen and oxygen atoms in total. The molecule has 2 rings (SSSR count). The summed E-state index contributed by atoms with van der Waals surface area (Å²) in [5.41, 5.74) is 1.79. The van der Waals surface area contributed by atoms with E-state index in [2.05, 4.69) is 5.32 Å². The number of aliphatic hydroxyl groups excluding tert-OH is 1. The van der Waals surface area contributed by atoms with E-state index in [9.17, 15) is 9.50 Å². The molecule has 0 bridgehead atoms. The Bertz CT molecular complexity index is 455. The molecule has 2 aromatic rings. The molecule has 0 amide bonds. The van der Waals surface area contributed by atoms with Crippen LogP contribution in [0.4, 0.5) is 10.1 Å². The highest BCUT2D eigenvalue weighted by atomic mass is 19.1. The summed E-state index contributed by atoms with van der Waals surface area (Å²) in [6.45, 7) is -0.0125. The molecule has 3 heteroatoms. The summed E-state index contributed by atoms with van der Waals surface area (Å²) in [5, 5.41) is 12.5. The molecule has 17 heavy (non-hydrogen) atoms. The standard InChI is InChI=1S/C14H14FNO/c15-12-6-8-13(9-7-12)16-14(10-17)11-4-2-1-3-5-11/h1-9,14,16-17H,10H2/t14-/m0/s1. The number of aliphatic hydroxyl groups is 1. The molecule has 0 fully saturated rings. The molecule has 2 N–H and O–H groups in total. The SMILES string of the molecule is OC[C@H](Nc1ccc(F)cc1)c1ccccc1. The average Bonchev–Trinajstić information content (AvgIpc) is 2.39. The van der Waals surface area contributed by atoms with Crippen LogP contribution in [0.5, 0.6) is 0 Å². The Balaban J connectivity index is 2.13. The number of rotatable bonds is 4. The second kappa shape index (κ2) is 5.46. The van der Waals surface area contributed by atoms with Crippen molar-refractivity contribution in [2.75, 3.05) is 11.9 Å². The average molecular weight is 231 g/mol. The predicted octanol–water partition coefficient (Wildman–Crippen LogP) is 2.97. The monoisotopic (exact) mass is 231 g/mol. The van der Waals surface area contributed by atoms with E-state index in [1.165, 1.54) is 12.1 Å². The summed E-state index contributed by atoms with van der Waals surface area (Å²) >= 11 is 0. The topological polar surface area (TPSA) is 32.3 Å². The Morgan fingerprint density at radius 3 is 2.24 bits per heavy atom. The zero-order valence-corrected chi connectivity index (χ0v) is 9.31. The Hall–Kier alpha value is -1.87. The van der Waals surface area contributed by atoms with Crippen molar-refractivity contribution in [3.63, 3.8) is 0 Å². The summed E-state index contributed by atoms with van der Waals surface area (Å²) in [7, 11) is 0. The van der Waals surface area contributed by atoms with Gasteiger partial charge in [-0.15, -0.1) is 0 Å². The normalized spacial score (nSPS) is 12.1. The van der Waals surface area contributed by atoms with Gasteiger partial charge in [-0.25, -0.2) is 4.39 Å². The van der Waals surface area contributed by atoms with Crippen LogP contribution in [0.3, 0.4) is 0 Å². The molecule has 0 aliphatic rings. The highest BCUT2D eigenvalue weighted by Crippen LogP contribution is 2.19. The minimum absolute atomic E-state index is 0.0125. The number of hydrogen-bond acceptors (Lipinski definition) is 2. The van der Waals surface area contributed by atoms with Crippen molar-refractivity contribution >= 4 is 5.69 Å². The van der Waals surface area contributed by atoms with Gasteiger partial charge in [0.25, 0.3) is 0 Å². The predicted molar refractivity (Wildman–Crippen MR) is 66.3 cm³/mol. The van der Waals surface area contributed by atoms with Gasteiger partial charge in [0.1, 0.15) is 5.82 Å². The Morgan fingerprint density at radius 2 is 1.65 bits per heavy atom. The summed E-state index contributed by atoms with van der Waals surface area (Å²) < 4.78 is 12.8. The van der Waals surface area contributed by atoms with Gasteiger partial charge in [-0.1, -0.05) is 30.3 Å². The van der Waals surface area contributed by atoms with Crippen molar-refractivity contribution < 1.29 is 9.50 Å². The number of hydrogen-bond donors (Lipinski definition) is 2. The summed E-state index contributed by atoms with van der Waals surface area (Å²) in [5.74, 6) is -0.268. The maximum Gasteiger partial charge on any atom is 0.123 e. The second-order valence-corrected chi connectivity index (χ2v) is 3.80. The fourth-order valence-corrected chi connectivity index (χ4v) is 1.67. The van der Waals surface area contributed by atoms with Crippen LogP contribution < -0.4 is 5.32 Å². The highest BCUT2D eigenvalue weighted by Gasteiger charge is 2.09. The van der Waals surface area contributed by atoms with Crippen molar-refractivity contribution in [2.24, 2.45) is 0 Å². The first-order valence-corrected chi connectivity index (χ1v) is 5.47. The number of benzene rings is 2. The van der Waals surface area contributed by atoms with Gasteiger partial charge >= 0.3 is 0 Å². The van der Waals surface area contributed by atoms with Crippen molar-refractivity contribution in [3.8, 4) is 0 Å². The lowest BCUT2D eigenvalue weighted by molar-refractivity contribution is 0.276. The Labute approximate surface area is 99.7 Å². The van der Waals surface area contributed by atoms with Crippen molar-refractivity contribution in [3.05, 3.63) is 66.0 Å². The quantitative estimate of drug-likeness (QED) is 0.847. The lowest BCUT2D eigenvalue weighted by Gasteiger charge is -2.17. The molecule has 88 valence electrons. The highest BCUT2D eigenvalue weighted by molar-refractivity contribution is 5.45. The van der Waals surface area contributed by atoms with Crippen LogP contribution in [0.1, 0.15) is 11.6 Å². The van der Waals surface area contributed by atoms with E-state index >= 15 is 0 Å². The van der Waals surface area contributed by atoms with Gasteiger partial charge in [-0.2, -0.15) is 0 Å². The van der Waals surface area contributed by atoms with Gasteiger partial charge in [0, 0.05) is 5.69 Å². The smallest absolute Gasteiger partial charge is 0.123 e. The summed E-state index contributed by atoms with van der Waals surface area (Å²) in [6, 6.07) is 15.6. The lowest BCUT2D eigenvalue weighted by atomic mass is 10.1. The third-order valence-electron chi connectivity index (χ3n) is 2.57. The third-order valence-corrected chi connectivity index (χ3v) is 2.57.